The summed E-state index contributed by atoms with van der Waals surface area (Å²) in [6, 6.07) is 12.0. The van der Waals surface area contributed by atoms with E-state index in [2.05, 4.69) is 10.6 Å². The number of aryl methyl sites for hydroxylation is 1. The summed E-state index contributed by atoms with van der Waals surface area (Å²) < 4.78 is 15.2. The maximum absolute atomic E-state index is 12.1. The van der Waals surface area contributed by atoms with Crippen molar-refractivity contribution in [1.82, 2.24) is 5.32 Å². The van der Waals surface area contributed by atoms with E-state index in [1.165, 1.54) is 6.07 Å². The number of amides is 2. The Labute approximate surface area is 155 Å². The van der Waals surface area contributed by atoms with E-state index in [1.54, 1.807) is 24.3 Å². The summed E-state index contributed by atoms with van der Waals surface area (Å²) in [4.78, 5) is 35.6. The van der Waals surface area contributed by atoms with Crippen LogP contribution < -0.4 is 20.1 Å². The lowest BCUT2D eigenvalue weighted by molar-refractivity contribution is -0.146. The molecule has 2 N–H and O–H groups in total. The fraction of sp³-hybridized carbons (Fsp3) is 0.211. The fourth-order valence-electron chi connectivity index (χ4n) is 2.39. The molecule has 0 fully saturated rings. The summed E-state index contributed by atoms with van der Waals surface area (Å²) in [5.74, 6) is -0.609. The quantitative estimate of drug-likeness (QED) is 0.750. The predicted molar refractivity (Wildman–Crippen MR) is 95.7 cm³/mol. The van der Waals surface area contributed by atoms with Crippen LogP contribution in [0.3, 0.4) is 0 Å². The Bertz CT molecular complexity index is 880. The van der Waals surface area contributed by atoms with Gasteiger partial charge in [0.05, 0.1) is 0 Å². The second-order valence-electron chi connectivity index (χ2n) is 5.77. The molecule has 0 atom stereocenters. The number of rotatable bonds is 6. The van der Waals surface area contributed by atoms with E-state index < -0.39 is 24.4 Å². The Hall–Kier alpha value is -3.55. The van der Waals surface area contributed by atoms with Gasteiger partial charge in [0.15, 0.2) is 18.1 Å². The van der Waals surface area contributed by atoms with Crippen molar-refractivity contribution in [2.75, 3.05) is 25.3 Å². The molecule has 140 valence electrons. The molecule has 1 aliphatic heterocycles. The van der Waals surface area contributed by atoms with E-state index in [9.17, 15) is 14.4 Å². The van der Waals surface area contributed by atoms with Crippen molar-refractivity contribution in [3.63, 3.8) is 0 Å². The van der Waals surface area contributed by atoms with Crippen LogP contribution in [0.5, 0.6) is 11.5 Å². The van der Waals surface area contributed by atoms with Gasteiger partial charge in [-0.25, -0.2) is 0 Å². The Kier molecular flexibility index (Phi) is 5.55. The van der Waals surface area contributed by atoms with Crippen molar-refractivity contribution in [1.29, 1.82) is 0 Å². The van der Waals surface area contributed by atoms with E-state index in [-0.39, 0.29) is 13.3 Å². The van der Waals surface area contributed by atoms with Crippen molar-refractivity contribution in [2.45, 2.75) is 6.92 Å². The first kappa shape index (κ1) is 18.2. The van der Waals surface area contributed by atoms with Crippen LogP contribution >= 0.6 is 0 Å². The van der Waals surface area contributed by atoms with Crippen molar-refractivity contribution >= 4 is 23.5 Å². The largest absolute Gasteiger partial charge is 0.454 e. The average molecular weight is 370 g/mol. The van der Waals surface area contributed by atoms with Crippen LogP contribution in [0.4, 0.5) is 5.69 Å². The van der Waals surface area contributed by atoms with Gasteiger partial charge in [-0.3, -0.25) is 14.4 Å². The third kappa shape index (κ3) is 4.75. The SMILES string of the molecule is Cc1ccccc1NC(=O)COC(=O)CNC(=O)c1ccc2c(c1)OCO2. The number of fused-ring (bicyclic) bond motifs is 1. The van der Waals surface area contributed by atoms with Gasteiger partial charge in [0.2, 0.25) is 6.79 Å². The van der Waals surface area contributed by atoms with Gasteiger partial charge >= 0.3 is 5.97 Å². The summed E-state index contributed by atoms with van der Waals surface area (Å²) >= 11 is 0. The molecule has 0 aromatic heterocycles. The lowest BCUT2D eigenvalue weighted by Crippen LogP contribution is -2.32. The number of carbonyl (C=O) groups excluding carboxylic acids is 3. The first-order valence-electron chi connectivity index (χ1n) is 8.22. The molecule has 0 unspecified atom stereocenters. The molecule has 8 nitrogen and oxygen atoms in total. The molecule has 3 rings (SSSR count). The smallest absolute Gasteiger partial charge is 0.325 e. The van der Waals surface area contributed by atoms with Crippen LogP contribution in [-0.2, 0) is 14.3 Å². The van der Waals surface area contributed by atoms with Gasteiger partial charge < -0.3 is 24.8 Å². The summed E-state index contributed by atoms with van der Waals surface area (Å²) in [6.07, 6.45) is 0. The second-order valence-corrected chi connectivity index (χ2v) is 5.77. The highest BCUT2D eigenvalue weighted by Gasteiger charge is 2.17. The molecule has 27 heavy (non-hydrogen) atoms. The highest BCUT2D eigenvalue weighted by Crippen LogP contribution is 2.32. The molecule has 2 aromatic carbocycles. The van der Waals surface area contributed by atoms with Crippen LogP contribution in [0.1, 0.15) is 15.9 Å². The number of anilines is 1. The van der Waals surface area contributed by atoms with Crippen molar-refractivity contribution in [3.8, 4) is 11.5 Å². The molecule has 8 heteroatoms. The Morgan fingerprint density at radius 3 is 2.67 bits per heavy atom. The monoisotopic (exact) mass is 370 g/mol. The van der Waals surface area contributed by atoms with Gasteiger partial charge in [-0.15, -0.1) is 0 Å². The van der Waals surface area contributed by atoms with Crippen LogP contribution in [0.2, 0.25) is 0 Å². The summed E-state index contributed by atoms with van der Waals surface area (Å²) in [6.45, 7) is 1.17. The molecule has 0 spiro atoms. The number of hydrogen-bond acceptors (Lipinski definition) is 6. The molecular formula is C19H18N2O6. The number of nitrogens with one attached hydrogen (secondary N) is 2. The van der Waals surface area contributed by atoms with E-state index in [1.807, 2.05) is 19.1 Å². The lowest BCUT2D eigenvalue weighted by atomic mass is 10.2. The minimum Gasteiger partial charge on any atom is -0.454 e. The lowest BCUT2D eigenvalue weighted by Gasteiger charge is -2.09. The number of para-hydroxylation sites is 1. The molecule has 0 saturated carbocycles. The van der Waals surface area contributed by atoms with Gasteiger partial charge in [-0.05, 0) is 36.8 Å². The second kappa shape index (κ2) is 8.22. The number of benzene rings is 2. The zero-order valence-corrected chi connectivity index (χ0v) is 14.6. The predicted octanol–water partition coefficient (Wildman–Crippen LogP) is 1.64. The maximum Gasteiger partial charge on any atom is 0.325 e. The molecular weight excluding hydrogens is 352 g/mol. The molecule has 1 aliphatic rings. The third-order valence-corrected chi connectivity index (χ3v) is 3.81. The van der Waals surface area contributed by atoms with Crippen LogP contribution in [0.25, 0.3) is 0 Å². The van der Waals surface area contributed by atoms with Crippen molar-refractivity contribution < 1.29 is 28.6 Å². The Morgan fingerprint density at radius 2 is 1.85 bits per heavy atom. The zero-order valence-electron chi connectivity index (χ0n) is 14.6. The topological polar surface area (TPSA) is 103 Å². The number of hydrogen-bond donors (Lipinski definition) is 2. The van der Waals surface area contributed by atoms with Gasteiger partial charge in [-0.2, -0.15) is 0 Å². The summed E-state index contributed by atoms with van der Waals surface area (Å²) in [5, 5.41) is 5.08. The molecule has 0 aliphatic carbocycles. The van der Waals surface area contributed by atoms with E-state index >= 15 is 0 Å². The van der Waals surface area contributed by atoms with Crippen molar-refractivity contribution in [2.24, 2.45) is 0 Å². The fourth-order valence-corrected chi connectivity index (χ4v) is 2.39. The average Bonchev–Trinajstić information content (AvgIpc) is 3.14. The normalized spacial score (nSPS) is 11.6. The van der Waals surface area contributed by atoms with Gasteiger partial charge in [0.1, 0.15) is 6.54 Å². The van der Waals surface area contributed by atoms with Crippen LogP contribution in [-0.4, -0.2) is 37.7 Å². The third-order valence-electron chi connectivity index (χ3n) is 3.81. The molecule has 0 bridgehead atoms. The Morgan fingerprint density at radius 1 is 1.07 bits per heavy atom. The number of carbonyl (C=O) groups is 3. The minimum absolute atomic E-state index is 0.108. The van der Waals surface area contributed by atoms with Crippen LogP contribution in [0.15, 0.2) is 42.5 Å². The summed E-state index contributed by atoms with van der Waals surface area (Å²) in [5.41, 5.74) is 1.87. The minimum atomic E-state index is -0.718. The highest BCUT2D eigenvalue weighted by atomic mass is 16.7. The first-order valence-corrected chi connectivity index (χ1v) is 8.22. The maximum atomic E-state index is 12.1. The number of ether oxygens (including phenoxy) is 3. The molecule has 2 aromatic rings. The highest BCUT2D eigenvalue weighted by molar-refractivity contribution is 5.97. The van der Waals surface area contributed by atoms with Gasteiger partial charge in [0.25, 0.3) is 11.8 Å². The molecule has 2 amide bonds. The standard InChI is InChI=1S/C19H18N2O6/c1-12-4-2-3-5-14(12)21-17(22)10-25-18(23)9-20-19(24)13-6-7-15-16(8-13)27-11-26-15/h2-8H,9-11H2,1H3,(H,20,24)(H,21,22). The molecule has 0 saturated heterocycles. The van der Waals surface area contributed by atoms with E-state index in [4.69, 9.17) is 14.2 Å². The van der Waals surface area contributed by atoms with Crippen molar-refractivity contribution in [3.05, 3.63) is 53.6 Å². The number of esters is 1. The first-order chi connectivity index (χ1) is 13.0. The zero-order chi connectivity index (χ0) is 19.2. The molecule has 0 radical (unpaired) electrons. The summed E-state index contributed by atoms with van der Waals surface area (Å²) in [7, 11) is 0. The van der Waals surface area contributed by atoms with E-state index in [0.717, 1.165) is 5.56 Å². The van der Waals surface area contributed by atoms with Crippen LogP contribution in [0, 0.1) is 6.92 Å². The van der Waals surface area contributed by atoms with Gasteiger partial charge in [0, 0.05) is 11.3 Å². The van der Waals surface area contributed by atoms with E-state index in [0.29, 0.717) is 22.7 Å². The molecule has 1 heterocycles. The van der Waals surface area contributed by atoms with Gasteiger partial charge in [-0.1, -0.05) is 18.2 Å². The Balaban J connectivity index is 1.42.